The lowest BCUT2D eigenvalue weighted by molar-refractivity contribution is -0.137. The van der Waals surface area contributed by atoms with Crippen LogP contribution in [0.2, 0.25) is 5.02 Å². The highest BCUT2D eigenvalue weighted by Crippen LogP contribution is 2.32. The van der Waals surface area contributed by atoms with Crippen LogP contribution in [0.3, 0.4) is 0 Å². The van der Waals surface area contributed by atoms with Gasteiger partial charge in [0.2, 0.25) is 0 Å². The zero-order chi connectivity index (χ0) is 24.2. The molecule has 0 radical (unpaired) electrons. The van der Waals surface area contributed by atoms with E-state index in [4.69, 9.17) is 16.9 Å². The van der Waals surface area contributed by atoms with Crippen molar-refractivity contribution in [1.82, 2.24) is 0 Å². The van der Waals surface area contributed by atoms with Crippen molar-refractivity contribution in [3.8, 4) is 6.07 Å². The fraction of sp³-hybridized carbons (Fsp3) is 0.130. The summed E-state index contributed by atoms with van der Waals surface area (Å²) < 4.78 is 52.0. The van der Waals surface area contributed by atoms with Gasteiger partial charge in [-0.3, -0.25) is 4.79 Å². The van der Waals surface area contributed by atoms with Crippen molar-refractivity contribution in [2.24, 2.45) is 0 Å². The number of amides is 1. The summed E-state index contributed by atoms with van der Waals surface area (Å²) in [6.07, 6.45) is -4.59. The lowest BCUT2D eigenvalue weighted by Gasteiger charge is -2.28. The minimum Gasteiger partial charge on any atom is -0.381 e. The highest BCUT2D eigenvalue weighted by molar-refractivity contribution is 6.32. The van der Waals surface area contributed by atoms with Gasteiger partial charge in [0.05, 0.1) is 22.7 Å². The molecule has 170 valence electrons. The van der Waals surface area contributed by atoms with Gasteiger partial charge in [-0.1, -0.05) is 23.7 Å². The minimum atomic E-state index is -4.59. The first-order valence-corrected chi connectivity index (χ1v) is 9.81. The molecular weight excluding hydrogens is 462 g/mol. The third kappa shape index (κ3) is 5.61. The number of nitriles is 1. The molecular formula is C23H16ClF4N3O2. The Hall–Kier alpha value is -3.61. The molecule has 3 N–H and O–H groups in total. The zero-order valence-corrected chi connectivity index (χ0v) is 17.5. The maximum atomic E-state index is 13.2. The Morgan fingerprint density at radius 2 is 1.55 bits per heavy atom. The number of benzene rings is 3. The summed E-state index contributed by atoms with van der Waals surface area (Å²) in [6.45, 7) is -0.445. The standard InChI is InChI=1S/C23H16ClF4N3O2/c24-20-11-19(8-1-14(20)12-29)31-21(32)22(33,13-30-18-9-6-17(25)7-10-18)15-2-4-16(5-3-15)23(26,27)28/h1-11,30,33H,13H2,(H,31,32). The molecule has 0 saturated heterocycles. The molecule has 0 aliphatic heterocycles. The normalized spacial score (nSPS) is 13.0. The topological polar surface area (TPSA) is 85.2 Å². The first-order valence-electron chi connectivity index (χ1n) is 9.43. The molecule has 1 amide bonds. The number of carbonyl (C=O) groups excluding carboxylic acids is 1. The van der Waals surface area contributed by atoms with Crippen molar-refractivity contribution < 1.29 is 27.5 Å². The van der Waals surface area contributed by atoms with Gasteiger partial charge in [0.25, 0.3) is 5.91 Å². The van der Waals surface area contributed by atoms with Crippen molar-refractivity contribution in [2.45, 2.75) is 11.8 Å². The van der Waals surface area contributed by atoms with E-state index in [-0.39, 0.29) is 21.8 Å². The van der Waals surface area contributed by atoms with Gasteiger partial charge in [-0.25, -0.2) is 4.39 Å². The number of rotatable bonds is 6. The monoisotopic (exact) mass is 477 g/mol. The minimum absolute atomic E-state index is 0.0674. The van der Waals surface area contributed by atoms with E-state index in [9.17, 15) is 27.5 Å². The first kappa shape index (κ1) is 24.0. The maximum absolute atomic E-state index is 13.2. The van der Waals surface area contributed by atoms with E-state index in [0.717, 1.165) is 24.3 Å². The van der Waals surface area contributed by atoms with Gasteiger partial charge in [0.15, 0.2) is 5.60 Å². The number of alkyl halides is 3. The van der Waals surface area contributed by atoms with Crippen molar-refractivity contribution in [1.29, 1.82) is 5.26 Å². The molecule has 5 nitrogen and oxygen atoms in total. The molecule has 0 aliphatic rings. The molecule has 0 aliphatic carbocycles. The molecule has 10 heteroatoms. The van der Waals surface area contributed by atoms with Gasteiger partial charge in [-0.15, -0.1) is 0 Å². The van der Waals surface area contributed by atoms with Crippen LogP contribution in [0.4, 0.5) is 28.9 Å². The van der Waals surface area contributed by atoms with Crippen molar-refractivity contribution >= 4 is 28.9 Å². The summed E-state index contributed by atoms with van der Waals surface area (Å²) in [7, 11) is 0. The summed E-state index contributed by atoms with van der Waals surface area (Å²) in [4.78, 5) is 13.1. The second kappa shape index (κ2) is 9.48. The van der Waals surface area contributed by atoms with Crippen LogP contribution in [-0.4, -0.2) is 17.6 Å². The molecule has 33 heavy (non-hydrogen) atoms. The Bertz CT molecular complexity index is 1190. The van der Waals surface area contributed by atoms with Crippen molar-refractivity contribution in [3.05, 3.63) is 94.3 Å². The Morgan fingerprint density at radius 1 is 0.970 bits per heavy atom. The average Bonchev–Trinajstić information content (AvgIpc) is 2.78. The Balaban J connectivity index is 1.92. The van der Waals surface area contributed by atoms with Gasteiger partial charge in [-0.05, 0) is 60.2 Å². The van der Waals surface area contributed by atoms with Crippen molar-refractivity contribution in [3.63, 3.8) is 0 Å². The van der Waals surface area contributed by atoms with E-state index in [1.807, 2.05) is 6.07 Å². The highest BCUT2D eigenvalue weighted by Gasteiger charge is 2.39. The first-order chi connectivity index (χ1) is 15.5. The SMILES string of the molecule is N#Cc1ccc(NC(=O)C(O)(CNc2ccc(F)cc2)c2ccc(C(F)(F)F)cc2)cc1Cl. The lowest BCUT2D eigenvalue weighted by atomic mass is 9.91. The molecule has 3 rings (SSSR count). The van der Waals surface area contributed by atoms with Crippen LogP contribution < -0.4 is 10.6 Å². The van der Waals surface area contributed by atoms with E-state index in [1.165, 1.54) is 42.5 Å². The van der Waals surface area contributed by atoms with Crippen LogP contribution in [0.25, 0.3) is 0 Å². The van der Waals surface area contributed by atoms with Crippen LogP contribution in [-0.2, 0) is 16.6 Å². The number of halogens is 5. The fourth-order valence-electron chi connectivity index (χ4n) is 2.96. The fourth-order valence-corrected chi connectivity index (χ4v) is 3.19. The number of hydrogen-bond donors (Lipinski definition) is 3. The number of carbonyl (C=O) groups is 1. The van der Waals surface area contributed by atoms with Crippen LogP contribution >= 0.6 is 11.6 Å². The van der Waals surface area contributed by atoms with E-state index in [2.05, 4.69) is 10.6 Å². The van der Waals surface area contributed by atoms with Crippen LogP contribution in [0, 0.1) is 17.1 Å². The number of hydrogen-bond acceptors (Lipinski definition) is 4. The predicted octanol–water partition coefficient (Wildman–Crippen LogP) is 5.31. The summed E-state index contributed by atoms with van der Waals surface area (Å²) >= 11 is 5.97. The Morgan fingerprint density at radius 3 is 2.09 bits per heavy atom. The molecule has 3 aromatic rings. The van der Waals surface area contributed by atoms with E-state index in [1.54, 1.807) is 0 Å². The zero-order valence-electron chi connectivity index (χ0n) is 16.8. The lowest BCUT2D eigenvalue weighted by Crippen LogP contribution is -2.46. The molecule has 1 atom stereocenters. The maximum Gasteiger partial charge on any atom is 0.416 e. The summed E-state index contributed by atoms with van der Waals surface area (Å²) in [5.74, 6) is -1.45. The van der Waals surface area contributed by atoms with Gasteiger partial charge in [0.1, 0.15) is 11.9 Å². The predicted molar refractivity (Wildman–Crippen MR) is 115 cm³/mol. The Labute approximate surface area is 191 Å². The molecule has 3 aromatic carbocycles. The largest absolute Gasteiger partial charge is 0.416 e. The van der Waals surface area contributed by atoms with E-state index >= 15 is 0 Å². The summed E-state index contributed by atoms with van der Waals surface area (Å²) in [6, 6.07) is 14.5. The molecule has 0 heterocycles. The summed E-state index contributed by atoms with van der Waals surface area (Å²) in [5.41, 5.74) is -2.67. The molecule has 0 spiro atoms. The van der Waals surface area contributed by atoms with E-state index < -0.39 is 35.6 Å². The number of nitrogens with one attached hydrogen (secondary N) is 2. The second-order valence-corrected chi connectivity index (χ2v) is 7.46. The Kier molecular flexibility index (Phi) is 6.91. The molecule has 0 bridgehead atoms. The average molecular weight is 478 g/mol. The molecule has 0 aromatic heterocycles. The van der Waals surface area contributed by atoms with Gasteiger partial charge in [-0.2, -0.15) is 18.4 Å². The van der Waals surface area contributed by atoms with E-state index in [0.29, 0.717) is 5.69 Å². The van der Waals surface area contributed by atoms with Crippen molar-refractivity contribution in [2.75, 3.05) is 17.2 Å². The molecule has 0 fully saturated rings. The van der Waals surface area contributed by atoms with Gasteiger partial charge >= 0.3 is 6.18 Å². The third-order valence-electron chi connectivity index (χ3n) is 4.81. The smallest absolute Gasteiger partial charge is 0.381 e. The quantitative estimate of drug-likeness (QED) is 0.420. The van der Waals surface area contributed by atoms with Crippen LogP contribution in [0.15, 0.2) is 66.7 Å². The van der Waals surface area contributed by atoms with Crippen LogP contribution in [0.5, 0.6) is 0 Å². The number of anilines is 2. The summed E-state index contributed by atoms with van der Waals surface area (Å²) in [5, 5.41) is 25.6. The van der Waals surface area contributed by atoms with Crippen LogP contribution in [0.1, 0.15) is 16.7 Å². The van der Waals surface area contributed by atoms with Gasteiger partial charge < -0.3 is 15.7 Å². The third-order valence-corrected chi connectivity index (χ3v) is 5.12. The molecule has 0 saturated carbocycles. The number of aliphatic hydroxyl groups is 1. The highest BCUT2D eigenvalue weighted by atomic mass is 35.5. The second-order valence-electron chi connectivity index (χ2n) is 7.06. The van der Waals surface area contributed by atoms with Gasteiger partial charge in [0, 0.05) is 11.4 Å². The number of nitrogens with zero attached hydrogens (tertiary/aromatic N) is 1. The molecule has 1 unspecified atom stereocenters.